The maximum absolute atomic E-state index is 12.8. The first kappa shape index (κ1) is 19.2. The molecule has 1 saturated heterocycles. The van der Waals surface area contributed by atoms with Gasteiger partial charge in [0, 0.05) is 30.8 Å². The maximum atomic E-state index is 12.8. The summed E-state index contributed by atoms with van der Waals surface area (Å²) in [5, 5.41) is 14.8. The number of nitrogens with one attached hydrogen (secondary N) is 1. The largest absolute Gasteiger partial charge is 0.366 e. The zero-order chi connectivity index (χ0) is 19.8. The first-order valence-electron chi connectivity index (χ1n) is 10.8. The molecule has 6 heteroatoms. The van der Waals surface area contributed by atoms with Crippen LogP contribution in [0.4, 0.5) is 11.4 Å². The van der Waals surface area contributed by atoms with Crippen molar-refractivity contribution >= 4 is 17.3 Å². The molecular formula is C22H31N3O3. The molecule has 1 N–H and O–H groups in total. The van der Waals surface area contributed by atoms with E-state index in [2.05, 4.69) is 24.1 Å². The number of anilines is 1. The van der Waals surface area contributed by atoms with Crippen molar-refractivity contribution in [2.45, 2.75) is 58.4 Å². The second-order valence-electron chi connectivity index (χ2n) is 9.25. The van der Waals surface area contributed by atoms with Crippen LogP contribution < -0.4 is 10.2 Å². The lowest BCUT2D eigenvalue weighted by Gasteiger charge is -2.32. The fourth-order valence-corrected chi connectivity index (χ4v) is 5.79. The van der Waals surface area contributed by atoms with Crippen molar-refractivity contribution in [3.8, 4) is 0 Å². The summed E-state index contributed by atoms with van der Waals surface area (Å²) < 4.78 is 0. The van der Waals surface area contributed by atoms with Crippen molar-refractivity contribution in [3.05, 3.63) is 33.9 Å². The van der Waals surface area contributed by atoms with Crippen LogP contribution in [0, 0.1) is 33.8 Å². The molecule has 3 aliphatic rings. The van der Waals surface area contributed by atoms with Gasteiger partial charge in [0.2, 0.25) is 0 Å². The van der Waals surface area contributed by atoms with Gasteiger partial charge in [0.25, 0.3) is 11.6 Å². The molecule has 152 valence electrons. The van der Waals surface area contributed by atoms with Gasteiger partial charge in [0.1, 0.15) is 5.69 Å². The average molecular weight is 386 g/mol. The van der Waals surface area contributed by atoms with Crippen LogP contribution in [-0.4, -0.2) is 30.0 Å². The molecule has 2 saturated carbocycles. The number of nitrogens with zero attached hydrogens (tertiary/aromatic N) is 2. The Bertz CT molecular complexity index is 765. The number of nitro groups is 1. The molecule has 28 heavy (non-hydrogen) atoms. The SMILES string of the molecule is C[C@@H]1CCCN(c2ccc(C(=O)N[C@@H](C)[C@@H]3C[C@@H]4CC[C@@H]3C4)cc2[N+](=O)[O-])C1. The van der Waals surface area contributed by atoms with Gasteiger partial charge in [-0.15, -0.1) is 0 Å². The molecule has 0 radical (unpaired) electrons. The molecule has 3 fully saturated rings. The predicted octanol–water partition coefficient (Wildman–Crippen LogP) is 4.39. The quantitative estimate of drug-likeness (QED) is 0.603. The van der Waals surface area contributed by atoms with E-state index in [-0.39, 0.29) is 22.6 Å². The molecule has 1 heterocycles. The molecule has 5 atom stereocenters. The monoisotopic (exact) mass is 385 g/mol. The van der Waals surface area contributed by atoms with Gasteiger partial charge in [-0.1, -0.05) is 13.3 Å². The average Bonchev–Trinajstić information content (AvgIpc) is 3.31. The van der Waals surface area contributed by atoms with E-state index >= 15 is 0 Å². The van der Waals surface area contributed by atoms with Gasteiger partial charge < -0.3 is 10.2 Å². The van der Waals surface area contributed by atoms with Gasteiger partial charge in [0.15, 0.2) is 0 Å². The molecule has 2 bridgehead atoms. The number of amides is 1. The fraction of sp³-hybridized carbons (Fsp3) is 0.682. The van der Waals surface area contributed by atoms with Crippen molar-refractivity contribution in [2.75, 3.05) is 18.0 Å². The third-order valence-corrected chi connectivity index (χ3v) is 7.23. The third-order valence-electron chi connectivity index (χ3n) is 7.23. The molecule has 0 spiro atoms. The molecule has 1 aromatic rings. The molecule has 0 aromatic heterocycles. The standard InChI is InChI=1S/C22H31N3O3/c1-14-4-3-9-24(13-14)20-8-7-18(12-21(20)25(27)28)22(26)23-15(2)19-11-16-5-6-17(19)10-16/h7-8,12,14-17,19H,3-6,9-11,13H2,1-2H3,(H,23,26)/t14-,15+,16-,17-,19+/m1/s1. The number of nitro benzene ring substituents is 1. The van der Waals surface area contributed by atoms with Crippen LogP contribution in [0.5, 0.6) is 0 Å². The van der Waals surface area contributed by atoms with Crippen molar-refractivity contribution < 1.29 is 9.72 Å². The maximum Gasteiger partial charge on any atom is 0.293 e. The second kappa shape index (κ2) is 7.72. The van der Waals surface area contributed by atoms with Gasteiger partial charge >= 0.3 is 0 Å². The molecule has 0 unspecified atom stereocenters. The van der Waals surface area contributed by atoms with Gasteiger partial charge in [-0.2, -0.15) is 0 Å². The van der Waals surface area contributed by atoms with Crippen LogP contribution in [-0.2, 0) is 0 Å². The molecule has 4 rings (SSSR count). The third kappa shape index (κ3) is 3.74. The van der Waals surface area contributed by atoms with Gasteiger partial charge in [-0.05, 0) is 74.8 Å². The van der Waals surface area contributed by atoms with Crippen LogP contribution in [0.3, 0.4) is 0 Å². The van der Waals surface area contributed by atoms with Crippen molar-refractivity contribution in [1.29, 1.82) is 0 Å². The Hall–Kier alpha value is -2.11. The van der Waals surface area contributed by atoms with Crippen LogP contribution in [0.15, 0.2) is 18.2 Å². The lowest BCUT2D eigenvalue weighted by molar-refractivity contribution is -0.384. The van der Waals surface area contributed by atoms with E-state index in [9.17, 15) is 14.9 Å². The Labute approximate surface area is 166 Å². The molecular weight excluding hydrogens is 354 g/mol. The lowest BCUT2D eigenvalue weighted by Crippen LogP contribution is -2.40. The molecule has 2 aliphatic carbocycles. The summed E-state index contributed by atoms with van der Waals surface area (Å²) in [4.78, 5) is 26.2. The van der Waals surface area contributed by atoms with E-state index in [0.29, 0.717) is 23.1 Å². The van der Waals surface area contributed by atoms with Gasteiger partial charge in [0.05, 0.1) is 4.92 Å². The van der Waals surface area contributed by atoms with E-state index < -0.39 is 0 Å². The zero-order valence-electron chi connectivity index (χ0n) is 16.9. The number of carbonyl (C=O) groups excluding carboxylic acids is 1. The van der Waals surface area contributed by atoms with Crippen LogP contribution >= 0.6 is 0 Å². The van der Waals surface area contributed by atoms with E-state index in [1.54, 1.807) is 12.1 Å². The summed E-state index contributed by atoms with van der Waals surface area (Å²) in [5.41, 5.74) is 1.05. The smallest absolute Gasteiger partial charge is 0.293 e. The second-order valence-corrected chi connectivity index (χ2v) is 9.25. The number of rotatable bonds is 5. The molecule has 6 nitrogen and oxygen atoms in total. The van der Waals surface area contributed by atoms with Crippen LogP contribution in [0.2, 0.25) is 0 Å². The van der Waals surface area contributed by atoms with Crippen LogP contribution in [0.1, 0.15) is 62.7 Å². The summed E-state index contributed by atoms with van der Waals surface area (Å²) in [6.45, 7) is 5.92. The number of hydrogen-bond acceptors (Lipinski definition) is 4. The van der Waals surface area contributed by atoms with Crippen molar-refractivity contribution in [1.82, 2.24) is 5.32 Å². The summed E-state index contributed by atoms with van der Waals surface area (Å²) in [7, 11) is 0. The van der Waals surface area contributed by atoms with E-state index in [1.165, 1.54) is 31.7 Å². The summed E-state index contributed by atoms with van der Waals surface area (Å²) >= 11 is 0. The fourth-order valence-electron chi connectivity index (χ4n) is 5.79. The minimum atomic E-state index is -0.356. The van der Waals surface area contributed by atoms with E-state index in [4.69, 9.17) is 0 Å². The van der Waals surface area contributed by atoms with Crippen molar-refractivity contribution in [3.63, 3.8) is 0 Å². The predicted molar refractivity (Wildman–Crippen MR) is 110 cm³/mol. The highest BCUT2D eigenvalue weighted by Crippen LogP contribution is 2.49. The highest BCUT2D eigenvalue weighted by atomic mass is 16.6. The first-order valence-corrected chi connectivity index (χ1v) is 10.8. The summed E-state index contributed by atoms with van der Waals surface area (Å²) in [6.07, 6.45) is 7.33. The lowest BCUT2D eigenvalue weighted by atomic mass is 9.84. The van der Waals surface area contributed by atoms with E-state index in [1.807, 2.05) is 0 Å². The Morgan fingerprint density at radius 2 is 2.11 bits per heavy atom. The van der Waals surface area contributed by atoms with Crippen molar-refractivity contribution in [2.24, 2.45) is 23.7 Å². The Morgan fingerprint density at radius 3 is 2.75 bits per heavy atom. The Balaban J connectivity index is 1.49. The highest BCUT2D eigenvalue weighted by molar-refractivity contribution is 5.96. The number of benzene rings is 1. The highest BCUT2D eigenvalue weighted by Gasteiger charge is 2.42. The Morgan fingerprint density at radius 1 is 1.29 bits per heavy atom. The number of fused-ring (bicyclic) bond motifs is 2. The zero-order valence-corrected chi connectivity index (χ0v) is 16.9. The summed E-state index contributed by atoms with van der Waals surface area (Å²) in [6, 6.07) is 5.07. The van der Waals surface area contributed by atoms with Crippen LogP contribution in [0.25, 0.3) is 0 Å². The minimum Gasteiger partial charge on any atom is -0.366 e. The normalized spacial score (nSPS) is 30.3. The van der Waals surface area contributed by atoms with E-state index in [0.717, 1.165) is 37.8 Å². The Kier molecular flexibility index (Phi) is 5.30. The van der Waals surface area contributed by atoms with Gasteiger partial charge in [-0.3, -0.25) is 14.9 Å². The summed E-state index contributed by atoms with van der Waals surface area (Å²) in [5.74, 6) is 2.45. The number of piperidine rings is 1. The number of carbonyl (C=O) groups is 1. The van der Waals surface area contributed by atoms with Gasteiger partial charge in [-0.25, -0.2) is 0 Å². The molecule has 1 aliphatic heterocycles. The topological polar surface area (TPSA) is 75.5 Å². The number of hydrogen-bond donors (Lipinski definition) is 1. The molecule has 1 aromatic carbocycles. The molecule has 1 amide bonds. The first-order chi connectivity index (χ1) is 13.4. The minimum absolute atomic E-state index is 0.0364.